The van der Waals surface area contributed by atoms with E-state index in [2.05, 4.69) is 4.98 Å². The summed E-state index contributed by atoms with van der Waals surface area (Å²) in [5, 5.41) is 9.09. The molecule has 1 heterocycles. The summed E-state index contributed by atoms with van der Waals surface area (Å²) in [6.07, 6.45) is 1.97. The van der Waals surface area contributed by atoms with Crippen LogP contribution in [0.2, 0.25) is 0 Å². The minimum Gasteiger partial charge on any atom is -0.478 e. The van der Waals surface area contributed by atoms with E-state index in [4.69, 9.17) is 5.11 Å². The smallest absolute Gasteiger partial charge is 0.337 e. The lowest BCUT2D eigenvalue weighted by Gasteiger charge is -2.11. The van der Waals surface area contributed by atoms with E-state index in [1.807, 2.05) is 13.2 Å². The maximum Gasteiger partial charge on any atom is 0.337 e. The van der Waals surface area contributed by atoms with Crippen molar-refractivity contribution in [1.29, 1.82) is 0 Å². The first-order valence-corrected chi connectivity index (χ1v) is 6.91. The number of aromatic nitrogens is 2. The fourth-order valence-corrected chi connectivity index (χ4v) is 2.71. The first-order valence-electron chi connectivity index (χ1n) is 5.51. The number of carbonyl (C=O) groups is 1. The van der Waals surface area contributed by atoms with E-state index in [0.717, 1.165) is 5.75 Å². The van der Waals surface area contributed by atoms with E-state index in [1.165, 1.54) is 6.07 Å². The van der Waals surface area contributed by atoms with Gasteiger partial charge in [-0.05, 0) is 25.3 Å². The van der Waals surface area contributed by atoms with Crippen LogP contribution in [0.25, 0.3) is 11.0 Å². The minimum absolute atomic E-state index is 0.0188. The number of hydrogen-bond donors (Lipinski definition) is 2. The summed E-state index contributed by atoms with van der Waals surface area (Å²) in [5.74, 6) is -0.240. The lowest BCUT2D eigenvalue weighted by molar-refractivity contribution is 0.0699. The maximum absolute atomic E-state index is 11.9. The molecule has 0 saturated carbocycles. The second-order valence-corrected chi connectivity index (χ2v) is 5.02. The van der Waals surface area contributed by atoms with Crippen molar-refractivity contribution in [3.8, 4) is 0 Å². The van der Waals surface area contributed by atoms with Crippen molar-refractivity contribution in [3.63, 3.8) is 0 Å². The number of rotatable bonds is 4. The minimum atomic E-state index is -1.04. The first kappa shape index (κ1) is 12.8. The number of nitrogens with zero attached hydrogens (tertiary/aromatic N) is 1. The van der Waals surface area contributed by atoms with Crippen molar-refractivity contribution in [2.45, 2.75) is 13.0 Å². The molecule has 0 aliphatic rings. The molecule has 0 bridgehead atoms. The van der Waals surface area contributed by atoms with Crippen LogP contribution >= 0.6 is 11.8 Å². The molecule has 0 amide bonds. The molecule has 18 heavy (non-hydrogen) atoms. The Morgan fingerprint density at radius 1 is 1.56 bits per heavy atom. The highest BCUT2D eigenvalue weighted by atomic mass is 32.2. The number of hydrogen-bond acceptors (Lipinski definition) is 3. The fourth-order valence-electron chi connectivity index (χ4n) is 2.08. The van der Waals surface area contributed by atoms with Gasteiger partial charge in [0.25, 0.3) is 0 Å². The molecule has 2 rings (SSSR count). The third-order valence-electron chi connectivity index (χ3n) is 2.83. The number of aromatic carboxylic acids is 1. The van der Waals surface area contributed by atoms with Crippen LogP contribution in [-0.4, -0.2) is 32.6 Å². The van der Waals surface area contributed by atoms with Gasteiger partial charge in [0.1, 0.15) is 0 Å². The number of aromatic amines is 1. The predicted octanol–water partition coefficient (Wildman–Crippen LogP) is 1.95. The van der Waals surface area contributed by atoms with Gasteiger partial charge in [0.15, 0.2) is 0 Å². The summed E-state index contributed by atoms with van der Waals surface area (Å²) in [4.78, 5) is 25.7. The molecular formula is C12H14N2O3S. The molecule has 96 valence electrons. The quantitative estimate of drug-likeness (QED) is 0.887. The average Bonchev–Trinajstić information content (AvgIpc) is 2.64. The number of benzene rings is 1. The second kappa shape index (κ2) is 4.89. The molecule has 0 fully saturated rings. The highest BCUT2D eigenvalue weighted by Crippen LogP contribution is 2.20. The zero-order chi connectivity index (χ0) is 13.3. The van der Waals surface area contributed by atoms with Gasteiger partial charge in [-0.15, -0.1) is 0 Å². The molecule has 1 aromatic carbocycles. The Balaban J connectivity index is 2.69. The SMILES string of the molecule is CSCC(C)n1c(=O)[nH]c2c(C(=O)O)cccc21. The number of thioether (sulfide) groups is 1. The van der Waals surface area contributed by atoms with E-state index in [0.29, 0.717) is 11.0 Å². The van der Waals surface area contributed by atoms with Crippen molar-refractivity contribution in [3.05, 3.63) is 34.2 Å². The van der Waals surface area contributed by atoms with E-state index in [-0.39, 0.29) is 17.3 Å². The number of carboxylic acids is 1. The second-order valence-electron chi connectivity index (χ2n) is 4.11. The monoisotopic (exact) mass is 266 g/mol. The normalized spacial score (nSPS) is 12.8. The Labute approximate surface area is 108 Å². The Kier molecular flexibility index (Phi) is 3.47. The lowest BCUT2D eigenvalue weighted by Crippen LogP contribution is -2.21. The molecule has 1 unspecified atom stereocenters. The Hall–Kier alpha value is -1.69. The highest BCUT2D eigenvalue weighted by molar-refractivity contribution is 7.98. The molecular weight excluding hydrogens is 252 g/mol. The van der Waals surface area contributed by atoms with Gasteiger partial charge in [-0.3, -0.25) is 4.57 Å². The Morgan fingerprint density at radius 2 is 2.28 bits per heavy atom. The van der Waals surface area contributed by atoms with Gasteiger partial charge in [0.05, 0.1) is 16.6 Å². The Morgan fingerprint density at radius 3 is 2.89 bits per heavy atom. The van der Waals surface area contributed by atoms with Crippen LogP contribution in [0.3, 0.4) is 0 Å². The first-order chi connectivity index (χ1) is 8.56. The zero-order valence-electron chi connectivity index (χ0n) is 10.1. The molecule has 2 aromatic rings. The van der Waals surface area contributed by atoms with Crippen LogP contribution < -0.4 is 5.69 Å². The lowest BCUT2D eigenvalue weighted by atomic mass is 10.2. The van der Waals surface area contributed by atoms with Crippen molar-refractivity contribution in [2.75, 3.05) is 12.0 Å². The van der Waals surface area contributed by atoms with Gasteiger partial charge in [0.2, 0.25) is 0 Å². The van der Waals surface area contributed by atoms with Crippen LogP contribution in [0.4, 0.5) is 0 Å². The largest absolute Gasteiger partial charge is 0.478 e. The molecule has 0 saturated heterocycles. The molecule has 0 aliphatic carbocycles. The molecule has 0 radical (unpaired) electrons. The molecule has 5 nitrogen and oxygen atoms in total. The van der Waals surface area contributed by atoms with Crippen molar-refractivity contribution >= 4 is 28.8 Å². The summed E-state index contributed by atoms with van der Waals surface area (Å²) < 4.78 is 1.61. The third-order valence-corrected chi connectivity index (χ3v) is 3.65. The zero-order valence-corrected chi connectivity index (χ0v) is 11.0. The van der Waals surface area contributed by atoms with Gasteiger partial charge in [-0.25, -0.2) is 9.59 Å². The molecule has 1 aromatic heterocycles. The number of imidazole rings is 1. The Bertz CT molecular complexity index is 644. The summed E-state index contributed by atoms with van der Waals surface area (Å²) in [6, 6.07) is 4.92. The summed E-state index contributed by atoms with van der Waals surface area (Å²) in [5.41, 5.74) is 0.893. The summed E-state index contributed by atoms with van der Waals surface area (Å²) >= 11 is 1.65. The third kappa shape index (κ3) is 2.03. The van der Waals surface area contributed by atoms with Gasteiger partial charge in [-0.1, -0.05) is 6.07 Å². The summed E-state index contributed by atoms with van der Waals surface area (Å²) in [7, 11) is 0. The van der Waals surface area contributed by atoms with Gasteiger partial charge < -0.3 is 10.1 Å². The summed E-state index contributed by atoms with van der Waals surface area (Å²) in [6.45, 7) is 1.94. The van der Waals surface area contributed by atoms with Gasteiger partial charge in [-0.2, -0.15) is 11.8 Å². The molecule has 0 spiro atoms. The number of fused-ring (bicyclic) bond motifs is 1. The number of H-pyrrole nitrogens is 1. The van der Waals surface area contributed by atoms with Crippen molar-refractivity contribution in [1.82, 2.24) is 9.55 Å². The topological polar surface area (TPSA) is 75.1 Å². The van der Waals surface area contributed by atoms with Crippen LogP contribution in [0.15, 0.2) is 23.0 Å². The highest BCUT2D eigenvalue weighted by Gasteiger charge is 2.17. The van der Waals surface area contributed by atoms with Crippen LogP contribution in [0, 0.1) is 0 Å². The van der Waals surface area contributed by atoms with Crippen LogP contribution in [0.5, 0.6) is 0 Å². The molecule has 0 aliphatic heterocycles. The van der Waals surface area contributed by atoms with E-state index >= 15 is 0 Å². The fraction of sp³-hybridized carbons (Fsp3) is 0.333. The van der Waals surface area contributed by atoms with Crippen LogP contribution in [0.1, 0.15) is 23.3 Å². The van der Waals surface area contributed by atoms with E-state index < -0.39 is 5.97 Å². The maximum atomic E-state index is 11.9. The van der Waals surface area contributed by atoms with E-state index in [9.17, 15) is 9.59 Å². The molecule has 2 N–H and O–H groups in total. The van der Waals surface area contributed by atoms with Crippen molar-refractivity contribution < 1.29 is 9.90 Å². The van der Waals surface area contributed by atoms with E-state index in [1.54, 1.807) is 28.5 Å². The van der Waals surface area contributed by atoms with Crippen molar-refractivity contribution in [2.24, 2.45) is 0 Å². The number of carboxylic acid groups (broad SMARTS) is 1. The number of nitrogens with one attached hydrogen (secondary N) is 1. The van der Waals surface area contributed by atoms with Gasteiger partial charge >= 0.3 is 11.7 Å². The van der Waals surface area contributed by atoms with Gasteiger partial charge in [0, 0.05) is 11.8 Å². The molecule has 6 heteroatoms. The predicted molar refractivity (Wildman–Crippen MR) is 72.6 cm³/mol. The molecule has 1 atom stereocenters. The standard InChI is InChI=1S/C12H14N2O3S/c1-7(6-18-2)14-9-5-3-4-8(11(15)16)10(9)13-12(14)17/h3-5,7H,6H2,1-2H3,(H,13,17)(H,15,16). The number of para-hydroxylation sites is 1. The van der Waals surface area contributed by atoms with Crippen LogP contribution in [-0.2, 0) is 0 Å². The average molecular weight is 266 g/mol.